The topological polar surface area (TPSA) is 87.8 Å². The van der Waals surface area contributed by atoms with Crippen molar-refractivity contribution in [2.45, 2.75) is 52.5 Å². The standard InChI is InChI=1S/C28H30N4O3S/c1-17(2)32(27(33)21-7-5-18(3)6-8-21)23-16-24(36-26(23)28(34)35)20-11-9-19(10-12-20)22-15-25-29-13-4-14-31(25)30-22/h4,9-18,21H,5-8H2,1-3H3,(H,34,35)/t18-,21-. The lowest BCUT2D eigenvalue weighted by Gasteiger charge is -2.33. The van der Waals surface area contributed by atoms with Gasteiger partial charge < -0.3 is 10.0 Å². The zero-order chi connectivity index (χ0) is 25.4. The van der Waals surface area contributed by atoms with Gasteiger partial charge in [-0.25, -0.2) is 14.3 Å². The first-order chi connectivity index (χ1) is 17.3. The maximum Gasteiger partial charge on any atom is 0.348 e. The average Bonchev–Trinajstić information content (AvgIpc) is 3.49. The molecule has 1 aromatic carbocycles. The van der Waals surface area contributed by atoms with Gasteiger partial charge in [-0.3, -0.25) is 4.79 Å². The molecule has 3 heterocycles. The second-order valence-electron chi connectivity index (χ2n) is 9.92. The van der Waals surface area contributed by atoms with Crippen LogP contribution in [0.15, 0.2) is 54.9 Å². The summed E-state index contributed by atoms with van der Waals surface area (Å²) in [5, 5.41) is 14.6. The highest BCUT2D eigenvalue weighted by Crippen LogP contribution is 2.40. The number of thiophene rings is 1. The Hall–Kier alpha value is -3.52. The van der Waals surface area contributed by atoms with E-state index in [0.717, 1.165) is 53.0 Å². The van der Waals surface area contributed by atoms with E-state index in [-0.39, 0.29) is 22.7 Å². The molecule has 0 spiro atoms. The number of fused-ring (bicyclic) bond motifs is 1. The minimum atomic E-state index is -1.01. The van der Waals surface area contributed by atoms with Crippen molar-refractivity contribution >= 4 is 34.5 Å². The zero-order valence-electron chi connectivity index (χ0n) is 20.7. The molecule has 0 saturated heterocycles. The molecule has 186 valence electrons. The summed E-state index contributed by atoms with van der Waals surface area (Å²) in [7, 11) is 0. The van der Waals surface area contributed by atoms with Gasteiger partial charge in [0.2, 0.25) is 5.91 Å². The molecule has 1 aliphatic rings. The fraction of sp³-hybridized carbons (Fsp3) is 0.357. The van der Waals surface area contributed by atoms with E-state index in [2.05, 4.69) is 17.0 Å². The summed E-state index contributed by atoms with van der Waals surface area (Å²) in [4.78, 5) is 32.8. The van der Waals surface area contributed by atoms with Gasteiger partial charge in [0.25, 0.3) is 0 Å². The van der Waals surface area contributed by atoms with Gasteiger partial charge in [-0.05, 0) is 63.1 Å². The number of nitrogens with zero attached hydrogens (tertiary/aromatic N) is 4. The van der Waals surface area contributed by atoms with E-state index < -0.39 is 5.97 Å². The molecule has 1 amide bonds. The van der Waals surface area contributed by atoms with Crippen LogP contribution in [-0.2, 0) is 4.79 Å². The van der Waals surface area contributed by atoms with Crippen LogP contribution in [0.2, 0.25) is 0 Å². The third-order valence-electron chi connectivity index (χ3n) is 6.99. The van der Waals surface area contributed by atoms with E-state index in [1.165, 1.54) is 11.3 Å². The maximum absolute atomic E-state index is 13.6. The van der Waals surface area contributed by atoms with E-state index in [1.54, 1.807) is 15.6 Å². The third-order valence-corrected chi connectivity index (χ3v) is 8.15. The molecule has 4 aromatic rings. The molecule has 0 unspecified atom stereocenters. The molecule has 1 fully saturated rings. The molecule has 5 rings (SSSR count). The molecule has 7 nitrogen and oxygen atoms in total. The molecule has 8 heteroatoms. The first-order valence-electron chi connectivity index (χ1n) is 12.4. The first-order valence-corrected chi connectivity index (χ1v) is 13.2. The first kappa shape index (κ1) is 24.2. The van der Waals surface area contributed by atoms with Gasteiger partial charge in [0.1, 0.15) is 4.88 Å². The Morgan fingerprint density at radius 3 is 2.42 bits per heavy atom. The van der Waals surface area contributed by atoms with Crippen LogP contribution >= 0.6 is 11.3 Å². The summed E-state index contributed by atoms with van der Waals surface area (Å²) in [5.74, 6) is -0.373. The molecule has 1 N–H and O–H groups in total. The van der Waals surface area contributed by atoms with Crippen molar-refractivity contribution in [3.05, 3.63) is 59.7 Å². The number of carboxylic acid groups (broad SMARTS) is 1. The van der Waals surface area contributed by atoms with Gasteiger partial charge in [-0.15, -0.1) is 11.3 Å². The van der Waals surface area contributed by atoms with Crippen LogP contribution in [-0.4, -0.2) is 37.6 Å². The lowest BCUT2D eigenvalue weighted by molar-refractivity contribution is -0.123. The number of carbonyl (C=O) groups is 2. The molecule has 3 aromatic heterocycles. The Kier molecular flexibility index (Phi) is 6.62. The number of carboxylic acids is 1. The van der Waals surface area contributed by atoms with Crippen LogP contribution in [0.5, 0.6) is 0 Å². The predicted octanol–water partition coefficient (Wildman–Crippen LogP) is 6.39. The van der Waals surface area contributed by atoms with Crippen molar-refractivity contribution in [1.29, 1.82) is 0 Å². The van der Waals surface area contributed by atoms with Crippen LogP contribution in [0.25, 0.3) is 27.3 Å². The quantitative estimate of drug-likeness (QED) is 0.330. The van der Waals surface area contributed by atoms with E-state index in [4.69, 9.17) is 0 Å². The highest BCUT2D eigenvalue weighted by Gasteiger charge is 2.33. The van der Waals surface area contributed by atoms with Crippen LogP contribution in [0.3, 0.4) is 0 Å². The molecule has 1 saturated carbocycles. The summed E-state index contributed by atoms with van der Waals surface area (Å²) in [6, 6.07) is 13.4. The molecule has 1 aliphatic carbocycles. The molecule has 0 aliphatic heterocycles. The van der Waals surface area contributed by atoms with Crippen LogP contribution in [0.4, 0.5) is 5.69 Å². The fourth-order valence-corrected chi connectivity index (χ4v) is 5.98. The van der Waals surface area contributed by atoms with Gasteiger partial charge in [0.05, 0.1) is 11.4 Å². The number of anilines is 1. The number of benzene rings is 1. The Morgan fingerprint density at radius 2 is 1.78 bits per heavy atom. The third kappa shape index (κ3) is 4.65. The van der Waals surface area contributed by atoms with Gasteiger partial charge in [0.15, 0.2) is 5.65 Å². The number of amides is 1. The smallest absolute Gasteiger partial charge is 0.348 e. The molecule has 0 bridgehead atoms. The number of aromatic carboxylic acids is 1. The Morgan fingerprint density at radius 1 is 1.08 bits per heavy atom. The maximum atomic E-state index is 13.6. The molecule has 0 radical (unpaired) electrons. The van der Waals surface area contributed by atoms with Crippen molar-refractivity contribution in [2.24, 2.45) is 11.8 Å². The number of aromatic nitrogens is 3. The Labute approximate surface area is 214 Å². The highest BCUT2D eigenvalue weighted by molar-refractivity contribution is 7.18. The molecular weight excluding hydrogens is 472 g/mol. The van der Waals surface area contributed by atoms with E-state index >= 15 is 0 Å². The number of carbonyl (C=O) groups excluding carboxylic acids is 1. The van der Waals surface area contributed by atoms with E-state index in [1.807, 2.05) is 62.5 Å². The lowest BCUT2D eigenvalue weighted by Crippen LogP contribution is -2.42. The number of rotatable bonds is 6. The second kappa shape index (κ2) is 9.85. The minimum Gasteiger partial charge on any atom is -0.477 e. The van der Waals surface area contributed by atoms with E-state index in [0.29, 0.717) is 11.6 Å². The molecular formula is C28H30N4O3S. The summed E-state index contributed by atoms with van der Waals surface area (Å²) in [5.41, 5.74) is 3.94. The number of hydrogen-bond acceptors (Lipinski definition) is 5. The summed E-state index contributed by atoms with van der Waals surface area (Å²) in [6.45, 7) is 6.13. The van der Waals surface area contributed by atoms with Crippen molar-refractivity contribution in [3.8, 4) is 21.7 Å². The normalized spacial score (nSPS) is 18.0. The van der Waals surface area contributed by atoms with Crippen LogP contribution in [0, 0.1) is 11.8 Å². The lowest BCUT2D eigenvalue weighted by atomic mass is 9.82. The van der Waals surface area contributed by atoms with Crippen molar-refractivity contribution < 1.29 is 14.7 Å². The van der Waals surface area contributed by atoms with Crippen molar-refractivity contribution in [3.63, 3.8) is 0 Å². The monoisotopic (exact) mass is 502 g/mol. The largest absolute Gasteiger partial charge is 0.477 e. The second-order valence-corrected chi connectivity index (χ2v) is 11.0. The van der Waals surface area contributed by atoms with Crippen LogP contribution < -0.4 is 4.90 Å². The Bertz CT molecular complexity index is 1360. The fourth-order valence-electron chi connectivity index (χ4n) is 4.99. The summed E-state index contributed by atoms with van der Waals surface area (Å²) < 4.78 is 1.73. The van der Waals surface area contributed by atoms with Crippen LogP contribution in [0.1, 0.15) is 56.1 Å². The molecule has 0 atom stereocenters. The van der Waals surface area contributed by atoms with Gasteiger partial charge in [-0.1, -0.05) is 31.2 Å². The summed E-state index contributed by atoms with van der Waals surface area (Å²) >= 11 is 1.21. The Balaban J connectivity index is 1.46. The highest BCUT2D eigenvalue weighted by atomic mass is 32.1. The summed E-state index contributed by atoms with van der Waals surface area (Å²) in [6.07, 6.45) is 7.40. The minimum absolute atomic E-state index is 0.0413. The number of hydrogen-bond donors (Lipinski definition) is 1. The van der Waals surface area contributed by atoms with Crippen molar-refractivity contribution in [1.82, 2.24) is 14.6 Å². The molecule has 36 heavy (non-hydrogen) atoms. The van der Waals surface area contributed by atoms with Gasteiger partial charge in [-0.2, -0.15) is 5.10 Å². The zero-order valence-corrected chi connectivity index (χ0v) is 21.5. The van der Waals surface area contributed by atoms with Gasteiger partial charge in [0, 0.05) is 40.9 Å². The average molecular weight is 503 g/mol. The van der Waals surface area contributed by atoms with E-state index in [9.17, 15) is 14.7 Å². The SMILES string of the molecule is CC(C)N(c1cc(-c2ccc(-c3cc4ncccn4n3)cc2)sc1C(=O)O)C(=O)[C@H]1CC[C@H](C)CC1. The van der Waals surface area contributed by atoms with Gasteiger partial charge >= 0.3 is 5.97 Å². The predicted molar refractivity (Wildman–Crippen MR) is 142 cm³/mol. The van der Waals surface area contributed by atoms with Crippen molar-refractivity contribution in [2.75, 3.05) is 4.90 Å².